The molecular weight excluding hydrogens is 242 g/mol. The Hall–Kier alpha value is -1.55. The Morgan fingerprint density at radius 3 is 2.35 bits per heavy atom. The summed E-state index contributed by atoms with van der Waals surface area (Å²) in [6.45, 7) is 2.51. The number of carbonyl (C=O) groups excluding carboxylic acids is 1. The van der Waals surface area contributed by atoms with Crippen molar-refractivity contribution in [1.82, 2.24) is 4.90 Å². The molecule has 0 bridgehead atoms. The highest BCUT2D eigenvalue weighted by atomic mass is 35.5. The zero-order valence-electron chi connectivity index (χ0n) is 9.52. The highest BCUT2D eigenvalue weighted by Crippen LogP contribution is 2.11. The predicted molar refractivity (Wildman–Crippen MR) is 65.3 cm³/mol. The van der Waals surface area contributed by atoms with E-state index >= 15 is 0 Å². The van der Waals surface area contributed by atoms with E-state index in [1.54, 1.807) is 24.3 Å². The molecule has 17 heavy (non-hydrogen) atoms. The second-order valence-electron chi connectivity index (χ2n) is 3.54. The van der Waals surface area contributed by atoms with E-state index in [0.29, 0.717) is 17.1 Å². The number of rotatable bonds is 5. The minimum absolute atomic E-state index is 0.0484. The molecule has 4 nitrogen and oxygen atoms in total. The summed E-state index contributed by atoms with van der Waals surface area (Å²) in [6.07, 6.45) is -0.0484. The molecule has 1 N–H and O–H groups in total. The normalized spacial score (nSPS) is 10.0. The number of hydrogen-bond acceptors (Lipinski definition) is 2. The zero-order chi connectivity index (χ0) is 12.8. The van der Waals surface area contributed by atoms with Crippen molar-refractivity contribution < 1.29 is 14.7 Å². The smallest absolute Gasteiger partial charge is 0.305 e. The van der Waals surface area contributed by atoms with Crippen molar-refractivity contribution >= 4 is 23.5 Å². The first-order chi connectivity index (χ1) is 8.04. The van der Waals surface area contributed by atoms with Gasteiger partial charge >= 0.3 is 5.97 Å². The first kappa shape index (κ1) is 13.5. The fraction of sp³-hybridized carbons (Fsp3) is 0.333. The molecule has 0 unspecified atom stereocenters. The average Bonchev–Trinajstić information content (AvgIpc) is 2.30. The fourth-order valence-electron chi connectivity index (χ4n) is 1.41. The summed E-state index contributed by atoms with van der Waals surface area (Å²) in [5.74, 6) is -1.09. The zero-order valence-corrected chi connectivity index (χ0v) is 10.3. The minimum Gasteiger partial charge on any atom is -0.481 e. The third kappa shape index (κ3) is 4.07. The van der Waals surface area contributed by atoms with Crippen molar-refractivity contribution in [3.8, 4) is 0 Å². The highest BCUT2D eigenvalue weighted by molar-refractivity contribution is 6.30. The van der Waals surface area contributed by atoms with Gasteiger partial charge in [-0.15, -0.1) is 0 Å². The number of hydrogen-bond donors (Lipinski definition) is 1. The van der Waals surface area contributed by atoms with E-state index in [-0.39, 0.29) is 18.9 Å². The van der Waals surface area contributed by atoms with Crippen LogP contribution >= 0.6 is 11.6 Å². The molecule has 0 fully saturated rings. The van der Waals surface area contributed by atoms with Crippen molar-refractivity contribution in [1.29, 1.82) is 0 Å². The second-order valence-corrected chi connectivity index (χ2v) is 3.97. The molecule has 0 spiro atoms. The molecule has 0 aliphatic carbocycles. The SMILES string of the molecule is CCN(CCC(=O)O)C(=O)c1ccc(Cl)cc1. The maximum absolute atomic E-state index is 12.0. The molecule has 0 heterocycles. The van der Waals surface area contributed by atoms with Crippen molar-refractivity contribution in [2.75, 3.05) is 13.1 Å². The van der Waals surface area contributed by atoms with E-state index in [0.717, 1.165) is 0 Å². The Kier molecular flexibility index (Phi) is 4.97. The van der Waals surface area contributed by atoms with Crippen LogP contribution in [0.2, 0.25) is 5.02 Å². The number of carboxylic acids is 1. The number of amides is 1. The monoisotopic (exact) mass is 255 g/mol. The van der Waals surface area contributed by atoms with Gasteiger partial charge in [0.05, 0.1) is 6.42 Å². The summed E-state index contributed by atoms with van der Waals surface area (Å²) in [6, 6.07) is 6.54. The molecule has 1 aromatic rings. The van der Waals surface area contributed by atoms with Crippen LogP contribution in [0, 0.1) is 0 Å². The molecule has 1 amide bonds. The quantitative estimate of drug-likeness (QED) is 0.878. The predicted octanol–water partition coefficient (Wildman–Crippen LogP) is 2.28. The van der Waals surface area contributed by atoms with Crippen LogP contribution in [0.5, 0.6) is 0 Å². The van der Waals surface area contributed by atoms with Gasteiger partial charge in [-0.3, -0.25) is 9.59 Å². The lowest BCUT2D eigenvalue weighted by molar-refractivity contribution is -0.137. The largest absolute Gasteiger partial charge is 0.481 e. The number of aliphatic carboxylic acids is 1. The van der Waals surface area contributed by atoms with E-state index < -0.39 is 5.97 Å². The van der Waals surface area contributed by atoms with E-state index in [4.69, 9.17) is 16.7 Å². The van der Waals surface area contributed by atoms with Crippen LogP contribution in [0.15, 0.2) is 24.3 Å². The molecule has 0 saturated carbocycles. The molecule has 0 aromatic heterocycles. The van der Waals surface area contributed by atoms with E-state index in [1.165, 1.54) is 4.90 Å². The lowest BCUT2D eigenvalue weighted by atomic mass is 10.2. The van der Waals surface area contributed by atoms with Gasteiger partial charge in [-0.1, -0.05) is 11.6 Å². The standard InChI is InChI=1S/C12H14ClNO3/c1-2-14(8-7-11(15)16)12(17)9-3-5-10(13)6-4-9/h3-6H,2,7-8H2,1H3,(H,15,16). The van der Waals surface area contributed by atoms with Gasteiger partial charge in [-0.25, -0.2) is 0 Å². The summed E-state index contributed by atoms with van der Waals surface area (Å²) >= 11 is 5.73. The molecular formula is C12H14ClNO3. The van der Waals surface area contributed by atoms with Crippen LogP contribution < -0.4 is 0 Å². The molecule has 0 atom stereocenters. The number of halogens is 1. The van der Waals surface area contributed by atoms with E-state index in [1.807, 2.05) is 6.92 Å². The topological polar surface area (TPSA) is 57.6 Å². The summed E-state index contributed by atoms with van der Waals surface area (Å²) in [5, 5.41) is 9.16. The third-order valence-corrected chi connectivity index (χ3v) is 2.61. The van der Waals surface area contributed by atoms with Crippen molar-refractivity contribution in [3.63, 3.8) is 0 Å². The van der Waals surface area contributed by atoms with E-state index in [2.05, 4.69) is 0 Å². The number of carbonyl (C=O) groups is 2. The first-order valence-corrected chi connectivity index (χ1v) is 5.69. The number of nitrogens with zero attached hydrogens (tertiary/aromatic N) is 1. The average molecular weight is 256 g/mol. The Morgan fingerprint density at radius 1 is 1.29 bits per heavy atom. The van der Waals surface area contributed by atoms with Gasteiger partial charge in [0.1, 0.15) is 0 Å². The fourth-order valence-corrected chi connectivity index (χ4v) is 1.53. The number of benzene rings is 1. The van der Waals surface area contributed by atoms with Crippen LogP contribution in [-0.2, 0) is 4.79 Å². The molecule has 0 aliphatic rings. The van der Waals surface area contributed by atoms with Crippen LogP contribution in [-0.4, -0.2) is 35.0 Å². The minimum atomic E-state index is -0.910. The van der Waals surface area contributed by atoms with Gasteiger partial charge in [0, 0.05) is 23.7 Å². The second kappa shape index (κ2) is 6.25. The van der Waals surface area contributed by atoms with Gasteiger partial charge in [0.15, 0.2) is 0 Å². The summed E-state index contributed by atoms with van der Waals surface area (Å²) in [5.41, 5.74) is 0.515. The molecule has 92 valence electrons. The molecule has 1 rings (SSSR count). The van der Waals surface area contributed by atoms with Gasteiger partial charge in [0.25, 0.3) is 5.91 Å². The summed E-state index contributed by atoms with van der Waals surface area (Å²) in [7, 11) is 0. The highest BCUT2D eigenvalue weighted by Gasteiger charge is 2.14. The maximum atomic E-state index is 12.0. The third-order valence-electron chi connectivity index (χ3n) is 2.36. The Morgan fingerprint density at radius 2 is 1.88 bits per heavy atom. The number of carboxylic acid groups (broad SMARTS) is 1. The first-order valence-electron chi connectivity index (χ1n) is 5.31. The van der Waals surface area contributed by atoms with Crippen molar-refractivity contribution in [2.24, 2.45) is 0 Å². The van der Waals surface area contributed by atoms with Gasteiger partial charge in [-0.2, -0.15) is 0 Å². The van der Waals surface area contributed by atoms with Crippen molar-refractivity contribution in [2.45, 2.75) is 13.3 Å². The molecule has 0 saturated heterocycles. The summed E-state index contributed by atoms with van der Waals surface area (Å²) in [4.78, 5) is 24.0. The summed E-state index contributed by atoms with van der Waals surface area (Å²) < 4.78 is 0. The van der Waals surface area contributed by atoms with Gasteiger partial charge in [-0.05, 0) is 31.2 Å². The molecule has 0 radical (unpaired) electrons. The lowest BCUT2D eigenvalue weighted by Crippen LogP contribution is -2.32. The van der Waals surface area contributed by atoms with Gasteiger partial charge < -0.3 is 10.0 Å². The van der Waals surface area contributed by atoms with Gasteiger partial charge in [0.2, 0.25) is 0 Å². The Bertz CT molecular complexity index is 403. The van der Waals surface area contributed by atoms with Crippen molar-refractivity contribution in [3.05, 3.63) is 34.9 Å². The van der Waals surface area contributed by atoms with Crippen LogP contribution in [0.3, 0.4) is 0 Å². The molecule has 1 aromatic carbocycles. The Labute approximate surface area is 105 Å². The molecule has 0 aliphatic heterocycles. The van der Waals surface area contributed by atoms with Crippen LogP contribution in [0.1, 0.15) is 23.7 Å². The van der Waals surface area contributed by atoms with E-state index in [9.17, 15) is 9.59 Å². The van der Waals surface area contributed by atoms with Crippen LogP contribution in [0.4, 0.5) is 0 Å². The maximum Gasteiger partial charge on any atom is 0.305 e. The lowest BCUT2D eigenvalue weighted by Gasteiger charge is -2.19. The Balaban J connectivity index is 2.71. The molecule has 5 heteroatoms. The van der Waals surface area contributed by atoms with Crippen LogP contribution in [0.25, 0.3) is 0 Å².